The van der Waals surface area contributed by atoms with E-state index >= 15 is 0 Å². The summed E-state index contributed by atoms with van der Waals surface area (Å²) in [6.07, 6.45) is 1.66. The van der Waals surface area contributed by atoms with Crippen LogP contribution < -0.4 is 10.6 Å². The molecule has 2 aromatic carbocycles. The lowest BCUT2D eigenvalue weighted by Gasteiger charge is -2.16. The largest absolute Gasteiger partial charge is 0.379 e. The fourth-order valence-corrected chi connectivity index (χ4v) is 3.16. The average Bonchev–Trinajstić information content (AvgIpc) is 3.07. The fourth-order valence-electron chi connectivity index (χ4n) is 3.16. The van der Waals surface area contributed by atoms with Crippen molar-refractivity contribution in [1.29, 1.82) is 0 Å². The summed E-state index contributed by atoms with van der Waals surface area (Å²) in [5, 5.41) is 16.8. The van der Waals surface area contributed by atoms with Gasteiger partial charge in [-0.1, -0.05) is 24.3 Å². The molecule has 0 radical (unpaired) electrons. The Bertz CT molecular complexity index is 884. The van der Waals surface area contributed by atoms with Crippen LogP contribution in [0.2, 0.25) is 0 Å². The number of nitrogens with zero attached hydrogens (tertiary/aromatic N) is 2. The van der Waals surface area contributed by atoms with Gasteiger partial charge in [0.05, 0.1) is 4.92 Å². The number of likely N-dealkylation sites (tertiary alicyclic amines) is 1. The molecule has 0 unspecified atom stereocenters. The van der Waals surface area contributed by atoms with E-state index in [1.807, 2.05) is 23.1 Å². The van der Waals surface area contributed by atoms with Crippen LogP contribution in [0.3, 0.4) is 0 Å². The van der Waals surface area contributed by atoms with Crippen LogP contribution in [0, 0.1) is 10.1 Å². The smallest absolute Gasteiger partial charge is 0.292 e. The molecule has 0 aromatic heterocycles. The molecule has 2 amide bonds. The molecule has 1 saturated heterocycles. The van der Waals surface area contributed by atoms with Crippen molar-refractivity contribution in [3.8, 4) is 0 Å². The molecule has 1 aliphatic heterocycles. The maximum absolute atomic E-state index is 12.2. The maximum Gasteiger partial charge on any atom is 0.292 e. The molecule has 0 aliphatic carbocycles. The average molecular weight is 382 g/mol. The van der Waals surface area contributed by atoms with Crippen molar-refractivity contribution < 1.29 is 14.5 Å². The molecule has 28 heavy (non-hydrogen) atoms. The minimum absolute atomic E-state index is 0.0212. The first-order valence-electron chi connectivity index (χ1n) is 9.17. The summed E-state index contributed by atoms with van der Waals surface area (Å²) in [6, 6.07) is 13.7. The van der Waals surface area contributed by atoms with Crippen molar-refractivity contribution in [2.75, 3.05) is 23.7 Å². The molecular formula is C20H22N4O4. The number of carbonyl (C=O) groups is 2. The molecule has 1 fully saturated rings. The number of nitro benzene ring substituents is 1. The highest BCUT2D eigenvalue weighted by Gasteiger charge is 2.20. The molecule has 1 heterocycles. The predicted octanol–water partition coefficient (Wildman–Crippen LogP) is 3.16. The van der Waals surface area contributed by atoms with E-state index in [0.717, 1.165) is 18.5 Å². The highest BCUT2D eigenvalue weighted by molar-refractivity contribution is 5.91. The van der Waals surface area contributed by atoms with Gasteiger partial charge in [-0.2, -0.15) is 0 Å². The second-order valence-electron chi connectivity index (χ2n) is 6.62. The number of amides is 2. The van der Waals surface area contributed by atoms with Gasteiger partial charge < -0.3 is 15.5 Å². The minimum Gasteiger partial charge on any atom is -0.379 e. The number of nitrogens with one attached hydrogen (secondary N) is 2. The van der Waals surface area contributed by atoms with Crippen LogP contribution in [0.1, 0.15) is 24.8 Å². The minimum atomic E-state index is -0.459. The van der Waals surface area contributed by atoms with Gasteiger partial charge in [-0.15, -0.1) is 0 Å². The Hall–Kier alpha value is -3.42. The van der Waals surface area contributed by atoms with Crippen LogP contribution in [0.15, 0.2) is 48.5 Å². The van der Waals surface area contributed by atoms with Gasteiger partial charge in [0.1, 0.15) is 5.69 Å². The van der Waals surface area contributed by atoms with Crippen LogP contribution >= 0.6 is 0 Å². The van der Waals surface area contributed by atoms with Crippen molar-refractivity contribution >= 4 is 28.9 Å². The molecule has 0 spiro atoms. The molecule has 2 N–H and O–H groups in total. The van der Waals surface area contributed by atoms with Gasteiger partial charge in [0.25, 0.3) is 5.69 Å². The quantitative estimate of drug-likeness (QED) is 0.539. The van der Waals surface area contributed by atoms with Crippen LogP contribution in [0.25, 0.3) is 0 Å². The summed E-state index contributed by atoms with van der Waals surface area (Å²) >= 11 is 0. The number of hydrogen-bond acceptors (Lipinski definition) is 5. The highest BCUT2D eigenvalue weighted by Crippen LogP contribution is 2.23. The third-order valence-electron chi connectivity index (χ3n) is 4.52. The van der Waals surface area contributed by atoms with Gasteiger partial charge >= 0.3 is 0 Å². The zero-order valence-corrected chi connectivity index (χ0v) is 15.4. The van der Waals surface area contributed by atoms with Crippen molar-refractivity contribution in [3.63, 3.8) is 0 Å². The van der Waals surface area contributed by atoms with Gasteiger partial charge in [-0.05, 0) is 30.2 Å². The molecule has 146 valence electrons. The van der Waals surface area contributed by atoms with E-state index in [-0.39, 0.29) is 30.5 Å². The number of anilines is 2. The second kappa shape index (κ2) is 8.98. The summed E-state index contributed by atoms with van der Waals surface area (Å²) < 4.78 is 0. The van der Waals surface area contributed by atoms with Gasteiger partial charge in [0.2, 0.25) is 11.8 Å². The van der Waals surface area contributed by atoms with Gasteiger partial charge in [0, 0.05) is 44.2 Å². The van der Waals surface area contributed by atoms with E-state index in [1.54, 1.807) is 24.3 Å². The molecule has 0 atom stereocenters. The van der Waals surface area contributed by atoms with E-state index in [0.29, 0.717) is 24.3 Å². The third-order valence-corrected chi connectivity index (χ3v) is 4.52. The Labute approximate surface area is 162 Å². The summed E-state index contributed by atoms with van der Waals surface area (Å²) in [6.45, 7) is 1.59. The molecular weight excluding hydrogens is 360 g/mol. The van der Waals surface area contributed by atoms with E-state index in [4.69, 9.17) is 0 Å². The van der Waals surface area contributed by atoms with Crippen LogP contribution in [-0.4, -0.2) is 34.7 Å². The number of rotatable bonds is 8. The normalized spacial score (nSPS) is 13.4. The monoisotopic (exact) mass is 382 g/mol. The Morgan fingerprint density at radius 2 is 2.00 bits per heavy atom. The van der Waals surface area contributed by atoms with Gasteiger partial charge in [0.15, 0.2) is 0 Å². The standard InChI is InChI=1S/C20H22N4O4/c25-19(10-11-21-17-7-1-2-8-18(17)24(27)28)22-16-6-3-5-15(13-16)14-23-12-4-9-20(23)26/h1-3,5-8,13,21H,4,9-12,14H2,(H,22,25). The van der Waals surface area contributed by atoms with Crippen LogP contribution in [0.5, 0.6) is 0 Å². The summed E-state index contributed by atoms with van der Waals surface area (Å²) in [5.41, 5.74) is 2.00. The van der Waals surface area contributed by atoms with E-state index < -0.39 is 4.92 Å². The summed E-state index contributed by atoms with van der Waals surface area (Å²) in [5.74, 6) is -0.0315. The molecule has 3 rings (SSSR count). The Morgan fingerprint density at radius 3 is 2.75 bits per heavy atom. The lowest BCUT2D eigenvalue weighted by atomic mass is 10.2. The lowest BCUT2D eigenvalue weighted by molar-refractivity contribution is -0.384. The number of para-hydroxylation sites is 2. The van der Waals surface area contributed by atoms with Crippen LogP contribution in [0.4, 0.5) is 17.1 Å². The number of nitro groups is 1. The van der Waals surface area contributed by atoms with Crippen molar-refractivity contribution in [1.82, 2.24) is 4.90 Å². The fraction of sp³-hybridized carbons (Fsp3) is 0.300. The first-order valence-corrected chi connectivity index (χ1v) is 9.17. The van der Waals surface area contributed by atoms with Crippen LogP contribution in [-0.2, 0) is 16.1 Å². The number of hydrogen-bond donors (Lipinski definition) is 2. The number of carbonyl (C=O) groups excluding carboxylic acids is 2. The Morgan fingerprint density at radius 1 is 1.18 bits per heavy atom. The first kappa shape index (κ1) is 19.3. The van der Waals surface area contributed by atoms with Gasteiger partial charge in [-0.3, -0.25) is 19.7 Å². The topological polar surface area (TPSA) is 105 Å². The molecule has 2 aromatic rings. The zero-order chi connectivity index (χ0) is 19.9. The molecule has 1 aliphatic rings. The lowest BCUT2D eigenvalue weighted by Crippen LogP contribution is -2.24. The first-order chi connectivity index (χ1) is 13.5. The van der Waals surface area contributed by atoms with E-state index in [1.165, 1.54) is 6.07 Å². The Kier molecular flexibility index (Phi) is 6.21. The Balaban J connectivity index is 1.50. The summed E-state index contributed by atoms with van der Waals surface area (Å²) in [4.78, 5) is 36.3. The molecule has 0 saturated carbocycles. The number of benzene rings is 2. The molecule has 0 bridgehead atoms. The van der Waals surface area contributed by atoms with Crippen molar-refractivity contribution in [2.24, 2.45) is 0 Å². The molecule has 8 heteroatoms. The maximum atomic E-state index is 12.2. The zero-order valence-electron chi connectivity index (χ0n) is 15.4. The summed E-state index contributed by atoms with van der Waals surface area (Å²) in [7, 11) is 0. The third kappa shape index (κ3) is 5.06. The van der Waals surface area contributed by atoms with Crippen molar-refractivity contribution in [3.05, 3.63) is 64.2 Å². The SMILES string of the molecule is O=C(CCNc1ccccc1[N+](=O)[O-])Nc1cccc(CN2CCCC2=O)c1. The highest BCUT2D eigenvalue weighted by atomic mass is 16.6. The predicted molar refractivity (Wildman–Crippen MR) is 106 cm³/mol. The second-order valence-corrected chi connectivity index (χ2v) is 6.62. The van der Waals surface area contributed by atoms with Gasteiger partial charge in [-0.25, -0.2) is 0 Å². The van der Waals surface area contributed by atoms with E-state index in [9.17, 15) is 19.7 Å². The van der Waals surface area contributed by atoms with E-state index in [2.05, 4.69) is 10.6 Å². The molecule has 8 nitrogen and oxygen atoms in total. The van der Waals surface area contributed by atoms with Crippen molar-refractivity contribution in [2.45, 2.75) is 25.8 Å².